The van der Waals surface area contributed by atoms with E-state index in [2.05, 4.69) is 15.2 Å². The van der Waals surface area contributed by atoms with Gasteiger partial charge in [-0.25, -0.2) is 0 Å². The highest BCUT2D eigenvalue weighted by Crippen LogP contribution is 2.43. The Bertz CT molecular complexity index is 453. The average molecular weight is 143 g/mol. The fourth-order valence-electron chi connectivity index (χ4n) is 1.34. The molecule has 0 fully saturated rings. The quantitative estimate of drug-likeness (QED) is 0.502. The molecular formula is C8H5N3. The van der Waals surface area contributed by atoms with Gasteiger partial charge < -0.3 is 4.98 Å². The Balaban J connectivity index is 2.56. The van der Waals surface area contributed by atoms with Crippen molar-refractivity contribution < 1.29 is 0 Å². The molecule has 11 heavy (non-hydrogen) atoms. The van der Waals surface area contributed by atoms with Crippen LogP contribution in [0, 0.1) is 0 Å². The number of para-hydroxylation sites is 1. The molecule has 1 aliphatic heterocycles. The highest BCUT2D eigenvalue weighted by Gasteiger charge is 2.15. The lowest BCUT2D eigenvalue weighted by Crippen LogP contribution is -1.68. The predicted molar refractivity (Wildman–Crippen MR) is 42.5 cm³/mol. The van der Waals surface area contributed by atoms with Crippen molar-refractivity contribution in [1.29, 1.82) is 0 Å². The summed E-state index contributed by atoms with van der Waals surface area (Å²) < 4.78 is 0. The average Bonchev–Trinajstić information content (AvgIpc) is 2.23. The number of benzene rings is 1. The summed E-state index contributed by atoms with van der Waals surface area (Å²) in [5, 5.41) is 8.92. The van der Waals surface area contributed by atoms with Gasteiger partial charge in [-0.05, 0) is 6.07 Å². The summed E-state index contributed by atoms with van der Waals surface area (Å²) >= 11 is 0. The molecule has 3 nitrogen and oxygen atoms in total. The topological polar surface area (TPSA) is 40.5 Å². The van der Waals surface area contributed by atoms with E-state index in [0.29, 0.717) is 0 Å². The number of hydrogen-bond acceptors (Lipinski definition) is 2. The molecule has 0 atom stereocenters. The molecule has 0 bridgehead atoms. The van der Waals surface area contributed by atoms with Crippen molar-refractivity contribution in [2.45, 2.75) is 0 Å². The first-order valence-electron chi connectivity index (χ1n) is 3.47. The SMILES string of the molecule is c1ccc2c3c([nH]c2c1)N=N3. The van der Waals surface area contributed by atoms with Crippen LogP contribution in [0.3, 0.4) is 0 Å². The van der Waals surface area contributed by atoms with Crippen molar-refractivity contribution in [2.75, 3.05) is 0 Å². The Labute approximate surface area is 62.8 Å². The molecule has 0 unspecified atom stereocenters. The third-order valence-corrected chi connectivity index (χ3v) is 1.91. The van der Waals surface area contributed by atoms with Gasteiger partial charge in [0, 0.05) is 10.9 Å². The second-order valence-electron chi connectivity index (χ2n) is 2.57. The zero-order valence-electron chi connectivity index (χ0n) is 5.70. The number of H-pyrrole nitrogens is 1. The van der Waals surface area contributed by atoms with Crippen molar-refractivity contribution in [3.63, 3.8) is 0 Å². The lowest BCUT2D eigenvalue weighted by molar-refractivity contribution is 1.12. The second kappa shape index (κ2) is 1.50. The van der Waals surface area contributed by atoms with E-state index in [9.17, 15) is 0 Å². The number of aromatic nitrogens is 1. The van der Waals surface area contributed by atoms with Gasteiger partial charge in [-0.2, -0.15) is 0 Å². The van der Waals surface area contributed by atoms with Crippen LogP contribution in [0.2, 0.25) is 0 Å². The van der Waals surface area contributed by atoms with Crippen molar-refractivity contribution in [3.05, 3.63) is 24.3 Å². The molecule has 3 heteroatoms. The van der Waals surface area contributed by atoms with Crippen LogP contribution in [0.4, 0.5) is 11.5 Å². The molecule has 0 saturated carbocycles. The number of nitrogens with one attached hydrogen (secondary N) is 1. The minimum absolute atomic E-state index is 0.909. The van der Waals surface area contributed by atoms with Crippen molar-refractivity contribution in [1.82, 2.24) is 4.98 Å². The van der Waals surface area contributed by atoms with Crippen LogP contribution >= 0.6 is 0 Å². The summed E-state index contributed by atoms with van der Waals surface area (Å²) in [5.74, 6) is 0.909. The molecule has 52 valence electrons. The van der Waals surface area contributed by atoms with Crippen molar-refractivity contribution >= 4 is 22.4 Å². The lowest BCUT2D eigenvalue weighted by Gasteiger charge is -1.97. The van der Waals surface area contributed by atoms with Gasteiger partial charge in [-0.15, -0.1) is 10.2 Å². The number of aromatic amines is 1. The van der Waals surface area contributed by atoms with Crippen LogP contribution in [0.5, 0.6) is 0 Å². The van der Waals surface area contributed by atoms with Crippen LogP contribution in [-0.2, 0) is 0 Å². The molecule has 3 rings (SSSR count). The van der Waals surface area contributed by atoms with Crippen molar-refractivity contribution in [3.8, 4) is 0 Å². The molecule has 0 aliphatic carbocycles. The molecule has 1 N–H and O–H groups in total. The highest BCUT2D eigenvalue weighted by molar-refractivity contribution is 5.98. The Hall–Kier alpha value is -1.64. The van der Waals surface area contributed by atoms with Gasteiger partial charge in [0.05, 0.1) is 0 Å². The van der Waals surface area contributed by atoms with Gasteiger partial charge >= 0.3 is 0 Å². The Morgan fingerprint density at radius 1 is 1.09 bits per heavy atom. The molecule has 0 spiro atoms. The molecular weight excluding hydrogens is 138 g/mol. The number of nitrogens with zero attached hydrogens (tertiary/aromatic N) is 2. The van der Waals surface area contributed by atoms with Crippen LogP contribution < -0.4 is 0 Å². The van der Waals surface area contributed by atoms with Crippen LogP contribution in [0.15, 0.2) is 34.5 Å². The molecule has 1 aromatic carbocycles. The normalized spacial score (nSPS) is 13.1. The van der Waals surface area contributed by atoms with E-state index in [1.807, 2.05) is 24.3 Å². The van der Waals surface area contributed by atoms with E-state index in [1.165, 1.54) is 0 Å². The maximum Gasteiger partial charge on any atom is 0.181 e. The molecule has 0 saturated heterocycles. The first kappa shape index (κ1) is 5.07. The molecule has 0 radical (unpaired) electrons. The lowest BCUT2D eigenvalue weighted by atomic mass is 10.2. The summed E-state index contributed by atoms with van der Waals surface area (Å²) in [4.78, 5) is 3.15. The minimum atomic E-state index is 0.909. The van der Waals surface area contributed by atoms with Crippen molar-refractivity contribution in [2.24, 2.45) is 10.2 Å². The number of rotatable bonds is 0. The van der Waals surface area contributed by atoms with Gasteiger partial charge in [-0.3, -0.25) is 0 Å². The second-order valence-corrected chi connectivity index (χ2v) is 2.57. The standard InChI is InChI=1S/C8H5N3/c1-2-4-6-5(3-1)7-8(9-6)11-10-7/h1-4H,(H,9,11). The number of hydrogen-bond donors (Lipinski definition) is 1. The van der Waals surface area contributed by atoms with Gasteiger partial charge in [0.1, 0.15) is 5.69 Å². The monoisotopic (exact) mass is 143 g/mol. The van der Waals surface area contributed by atoms with Crippen LogP contribution in [0.25, 0.3) is 10.9 Å². The van der Waals surface area contributed by atoms with Gasteiger partial charge in [0.25, 0.3) is 0 Å². The summed E-state index contributed by atoms with van der Waals surface area (Å²) in [5.41, 5.74) is 2.11. The largest absolute Gasteiger partial charge is 0.336 e. The maximum atomic E-state index is 3.91. The summed E-state index contributed by atoms with van der Waals surface area (Å²) in [6, 6.07) is 8.07. The smallest absolute Gasteiger partial charge is 0.181 e. The fraction of sp³-hybridized carbons (Fsp3) is 0. The third kappa shape index (κ3) is 0.487. The summed E-state index contributed by atoms with van der Waals surface area (Å²) in [6.07, 6.45) is 0. The molecule has 1 aliphatic rings. The van der Waals surface area contributed by atoms with E-state index in [4.69, 9.17) is 0 Å². The van der Waals surface area contributed by atoms with Gasteiger partial charge in [-0.1, -0.05) is 18.2 Å². The zero-order valence-corrected chi connectivity index (χ0v) is 5.70. The van der Waals surface area contributed by atoms with E-state index in [-0.39, 0.29) is 0 Å². The maximum absolute atomic E-state index is 3.91. The first-order valence-corrected chi connectivity index (χ1v) is 3.47. The summed E-state index contributed by atoms with van der Waals surface area (Å²) in [7, 11) is 0. The molecule has 1 aromatic heterocycles. The van der Waals surface area contributed by atoms with Crippen LogP contribution in [-0.4, -0.2) is 4.98 Å². The Kier molecular flexibility index (Phi) is 0.692. The molecule has 2 heterocycles. The van der Waals surface area contributed by atoms with E-state index in [0.717, 1.165) is 22.4 Å². The van der Waals surface area contributed by atoms with E-state index < -0.39 is 0 Å². The Morgan fingerprint density at radius 2 is 2.00 bits per heavy atom. The zero-order chi connectivity index (χ0) is 7.26. The fourth-order valence-corrected chi connectivity index (χ4v) is 1.34. The highest BCUT2D eigenvalue weighted by atomic mass is 15.2. The molecule has 0 amide bonds. The Morgan fingerprint density at radius 3 is 2.82 bits per heavy atom. The number of azo groups is 1. The predicted octanol–water partition coefficient (Wildman–Crippen LogP) is 2.90. The minimum Gasteiger partial charge on any atom is -0.336 e. The van der Waals surface area contributed by atoms with E-state index in [1.54, 1.807) is 0 Å². The third-order valence-electron chi connectivity index (χ3n) is 1.91. The number of fused-ring (bicyclic) bond motifs is 3. The molecule has 2 aromatic rings. The van der Waals surface area contributed by atoms with Crippen LogP contribution in [0.1, 0.15) is 0 Å². The first-order chi connectivity index (χ1) is 5.45. The van der Waals surface area contributed by atoms with Gasteiger partial charge in [0.2, 0.25) is 0 Å². The van der Waals surface area contributed by atoms with Gasteiger partial charge in [0.15, 0.2) is 5.82 Å². The summed E-state index contributed by atoms with van der Waals surface area (Å²) in [6.45, 7) is 0. The van der Waals surface area contributed by atoms with E-state index >= 15 is 0 Å².